The van der Waals surface area contributed by atoms with Crippen LogP contribution >= 0.6 is 7.60 Å². The maximum atomic E-state index is 12.3. The highest BCUT2D eigenvalue weighted by molar-refractivity contribution is 7.53. The van der Waals surface area contributed by atoms with Crippen LogP contribution in [0, 0.1) is 0 Å². The van der Waals surface area contributed by atoms with E-state index in [1.54, 1.807) is 0 Å². The second-order valence-corrected chi connectivity index (χ2v) is 10.4. The van der Waals surface area contributed by atoms with Gasteiger partial charge in [0.25, 0.3) is 0 Å². The van der Waals surface area contributed by atoms with Crippen molar-refractivity contribution in [3.8, 4) is 0 Å². The second kappa shape index (κ2) is 21.8. The van der Waals surface area contributed by atoms with Crippen molar-refractivity contribution in [1.82, 2.24) is 0 Å². The Morgan fingerprint density at radius 2 is 0.750 bits per heavy atom. The van der Waals surface area contributed by atoms with Crippen molar-refractivity contribution in [3.63, 3.8) is 0 Å². The van der Waals surface area contributed by atoms with Gasteiger partial charge in [-0.05, 0) is 20.3 Å². The SMILES string of the molecule is CCCCCCCCCCCCCCCCCCCCP(=O)(OCC)OCC. The number of rotatable bonds is 23. The van der Waals surface area contributed by atoms with Crippen LogP contribution in [0.2, 0.25) is 0 Å². The normalized spacial score (nSPS) is 12.0. The Morgan fingerprint density at radius 3 is 1.04 bits per heavy atom. The summed E-state index contributed by atoms with van der Waals surface area (Å²) >= 11 is 0. The predicted octanol–water partition coefficient (Wildman–Crippen LogP) is 9.29. The first-order chi connectivity index (χ1) is 13.7. The molecule has 4 heteroatoms. The van der Waals surface area contributed by atoms with E-state index in [1.807, 2.05) is 13.8 Å². The summed E-state index contributed by atoms with van der Waals surface area (Å²) in [6.45, 7) is 6.98. The second-order valence-electron chi connectivity index (χ2n) is 8.18. The maximum absolute atomic E-state index is 12.3. The van der Waals surface area contributed by atoms with Gasteiger partial charge in [-0.25, -0.2) is 0 Å². The number of hydrogen-bond acceptors (Lipinski definition) is 3. The summed E-state index contributed by atoms with van der Waals surface area (Å²) in [6.07, 6.45) is 25.1. The minimum absolute atomic E-state index is 0.469. The van der Waals surface area contributed by atoms with Crippen molar-refractivity contribution in [2.45, 2.75) is 136 Å². The smallest absolute Gasteiger partial charge is 0.309 e. The molecule has 0 unspecified atom stereocenters. The molecule has 0 rings (SSSR count). The maximum Gasteiger partial charge on any atom is 0.330 e. The molecule has 0 aliphatic heterocycles. The van der Waals surface area contributed by atoms with Crippen molar-refractivity contribution in [3.05, 3.63) is 0 Å². The zero-order valence-corrected chi connectivity index (χ0v) is 20.4. The lowest BCUT2D eigenvalue weighted by molar-refractivity contribution is 0.219. The number of hydrogen-bond donors (Lipinski definition) is 0. The van der Waals surface area contributed by atoms with Crippen LogP contribution in [0.15, 0.2) is 0 Å². The fourth-order valence-electron chi connectivity index (χ4n) is 3.77. The Morgan fingerprint density at radius 1 is 0.464 bits per heavy atom. The van der Waals surface area contributed by atoms with Crippen molar-refractivity contribution >= 4 is 7.60 Å². The third-order valence-electron chi connectivity index (χ3n) is 5.44. The van der Waals surface area contributed by atoms with E-state index < -0.39 is 7.60 Å². The Balaban J connectivity index is 3.24. The largest absolute Gasteiger partial charge is 0.330 e. The first-order valence-corrected chi connectivity index (χ1v) is 14.3. The Bertz CT molecular complexity index is 337. The van der Waals surface area contributed by atoms with Gasteiger partial charge in [0.1, 0.15) is 0 Å². The van der Waals surface area contributed by atoms with Crippen LogP contribution in [-0.2, 0) is 13.6 Å². The van der Waals surface area contributed by atoms with Crippen LogP contribution in [0.25, 0.3) is 0 Å². The Labute approximate surface area is 177 Å². The van der Waals surface area contributed by atoms with Crippen molar-refractivity contribution in [2.24, 2.45) is 0 Å². The van der Waals surface area contributed by atoms with Gasteiger partial charge in [-0.2, -0.15) is 0 Å². The van der Waals surface area contributed by atoms with E-state index in [4.69, 9.17) is 9.05 Å². The van der Waals surface area contributed by atoms with Crippen LogP contribution in [0.3, 0.4) is 0 Å². The fraction of sp³-hybridized carbons (Fsp3) is 1.00. The van der Waals surface area contributed by atoms with Gasteiger partial charge < -0.3 is 9.05 Å². The van der Waals surface area contributed by atoms with Crippen LogP contribution < -0.4 is 0 Å². The zero-order valence-electron chi connectivity index (χ0n) is 19.5. The molecule has 0 radical (unpaired) electrons. The summed E-state index contributed by atoms with van der Waals surface area (Å²) in [5.74, 6) is 0. The fourth-order valence-corrected chi connectivity index (χ4v) is 5.50. The van der Waals surface area contributed by atoms with Crippen LogP contribution in [0.4, 0.5) is 0 Å². The molecule has 0 aromatic rings. The molecular weight excluding hydrogens is 367 g/mol. The molecule has 0 saturated heterocycles. The molecule has 170 valence electrons. The highest BCUT2D eigenvalue weighted by atomic mass is 31.2. The van der Waals surface area contributed by atoms with Gasteiger partial charge in [0.05, 0.1) is 19.4 Å². The molecule has 0 N–H and O–H groups in total. The molecule has 0 aliphatic carbocycles. The van der Waals surface area contributed by atoms with E-state index in [-0.39, 0.29) is 0 Å². The molecule has 0 aliphatic rings. The molecule has 0 heterocycles. The molecule has 0 amide bonds. The summed E-state index contributed by atoms with van der Waals surface area (Å²) in [4.78, 5) is 0. The van der Waals surface area contributed by atoms with E-state index in [0.29, 0.717) is 19.4 Å². The quantitative estimate of drug-likeness (QED) is 0.122. The molecule has 0 aromatic carbocycles. The molecule has 0 fully saturated rings. The summed E-state index contributed by atoms with van der Waals surface area (Å²) in [6, 6.07) is 0. The summed E-state index contributed by atoms with van der Waals surface area (Å²) in [5.41, 5.74) is 0. The Kier molecular flexibility index (Phi) is 22.0. The number of unbranched alkanes of at least 4 members (excludes halogenated alkanes) is 17. The average molecular weight is 419 g/mol. The van der Waals surface area contributed by atoms with Gasteiger partial charge in [0.2, 0.25) is 0 Å². The van der Waals surface area contributed by atoms with Crippen LogP contribution in [0.5, 0.6) is 0 Å². The molecule has 0 saturated carbocycles. The highest BCUT2D eigenvalue weighted by Crippen LogP contribution is 2.48. The molecule has 0 spiro atoms. The molecule has 3 nitrogen and oxygen atoms in total. The van der Waals surface area contributed by atoms with Crippen molar-refractivity contribution < 1.29 is 13.6 Å². The van der Waals surface area contributed by atoms with Crippen LogP contribution in [0.1, 0.15) is 136 Å². The van der Waals surface area contributed by atoms with E-state index in [2.05, 4.69) is 6.92 Å². The topological polar surface area (TPSA) is 35.5 Å². The minimum Gasteiger partial charge on any atom is -0.309 e. The Hall–Kier alpha value is 0.150. The minimum atomic E-state index is -2.81. The first kappa shape index (κ1) is 28.1. The van der Waals surface area contributed by atoms with Crippen LogP contribution in [-0.4, -0.2) is 19.4 Å². The van der Waals surface area contributed by atoms with Gasteiger partial charge >= 0.3 is 7.60 Å². The molecule has 0 bridgehead atoms. The van der Waals surface area contributed by atoms with Gasteiger partial charge in [0, 0.05) is 0 Å². The average Bonchev–Trinajstić information content (AvgIpc) is 2.67. The van der Waals surface area contributed by atoms with Gasteiger partial charge in [-0.3, -0.25) is 4.57 Å². The lowest BCUT2D eigenvalue weighted by Gasteiger charge is -2.16. The van der Waals surface area contributed by atoms with Crippen molar-refractivity contribution in [1.29, 1.82) is 0 Å². The molecule has 0 atom stereocenters. The summed E-state index contributed by atoms with van der Waals surface area (Å²) in [7, 11) is -2.81. The summed E-state index contributed by atoms with van der Waals surface area (Å²) < 4.78 is 23.0. The van der Waals surface area contributed by atoms with E-state index >= 15 is 0 Å². The van der Waals surface area contributed by atoms with Crippen molar-refractivity contribution in [2.75, 3.05) is 19.4 Å². The standard InChI is InChI=1S/C24H51O3P/c1-4-7-8-9-10-11-12-13-14-15-16-17-18-19-20-21-22-23-24-28(25,26-5-2)27-6-3/h4-24H2,1-3H3. The molecule has 28 heavy (non-hydrogen) atoms. The van der Waals surface area contributed by atoms with E-state index in [9.17, 15) is 4.57 Å². The molecule has 0 aromatic heterocycles. The lowest BCUT2D eigenvalue weighted by atomic mass is 10.0. The first-order valence-electron chi connectivity index (χ1n) is 12.6. The predicted molar refractivity (Wildman–Crippen MR) is 125 cm³/mol. The van der Waals surface area contributed by atoms with E-state index in [0.717, 1.165) is 12.8 Å². The van der Waals surface area contributed by atoms with Gasteiger partial charge in [-0.15, -0.1) is 0 Å². The van der Waals surface area contributed by atoms with Gasteiger partial charge in [-0.1, -0.05) is 116 Å². The third kappa shape index (κ3) is 19.5. The third-order valence-corrected chi connectivity index (χ3v) is 7.60. The zero-order chi connectivity index (χ0) is 20.8. The molecular formula is C24H51O3P. The lowest BCUT2D eigenvalue weighted by Crippen LogP contribution is -2.00. The van der Waals surface area contributed by atoms with Gasteiger partial charge in [0.15, 0.2) is 0 Å². The van der Waals surface area contributed by atoms with E-state index in [1.165, 1.54) is 103 Å². The summed E-state index contributed by atoms with van der Waals surface area (Å²) in [5, 5.41) is 0. The monoisotopic (exact) mass is 418 g/mol. The highest BCUT2D eigenvalue weighted by Gasteiger charge is 2.22.